The number of alkyl halides is 3. The maximum atomic E-state index is 13.1. The molecule has 0 fully saturated rings. The Morgan fingerprint density at radius 1 is 1.23 bits per heavy atom. The van der Waals surface area contributed by atoms with E-state index in [0.717, 1.165) is 11.6 Å². The minimum Gasteiger partial charge on any atom is -0.478 e. The van der Waals surface area contributed by atoms with Gasteiger partial charge in [0.15, 0.2) is 0 Å². The number of halogens is 4. The second-order valence-corrected chi connectivity index (χ2v) is 6.04. The van der Waals surface area contributed by atoms with Gasteiger partial charge in [-0.1, -0.05) is 29.8 Å². The molecule has 0 radical (unpaired) electrons. The average Bonchev–Trinajstić information content (AvgIpc) is 2.55. The van der Waals surface area contributed by atoms with Crippen LogP contribution >= 0.6 is 11.6 Å². The van der Waals surface area contributed by atoms with Crippen molar-refractivity contribution >= 4 is 23.6 Å². The standard InChI is InChI=1S/C18H12ClF3O4/c1-9-4-2-3-5-13(9)25-15-8-14-10(7-12(15)19)6-11(17(23)24)16(26-14)18(20,21)22/h2-8,16H,1H3,(H,23,24). The number of ether oxygens (including phenoxy) is 2. The zero-order valence-electron chi connectivity index (χ0n) is 13.3. The van der Waals surface area contributed by atoms with Gasteiger partial charge in [-0.05, 0) is 30.7 Å². The van der Waals surface area contributed by atoms with E-state index < -0.39 is 23.8 Å². The molecule has 3 rings (SSSR count). The molecule has 8 heteroatoms. The molecule has 0 amide bonds. The van der Waals surface area contributed by atoms with Gasteiger partial charge < -0.3 is 14.6 Å². The summed E-state index contributed by atoms with van der Waals surface area (Å²) in [4.78, 5) is 11.1. The third-order valence-electron chi connectivity index (χ3n) is 3.76. The van der Waals surface area contributed by atoms with E-state index in [1.807, 2.05) is 6.07 Å². The Labute approximate surface area is 151 Å². The van der Waals surface area contributed by atoms with Crippen molar-refractivity contribution in [1.29, 1.82) is 0 Å². The van der Waals surface area contributed by atoms with E-state index in [4.69, 9.17) is 26.2 Å². The number of carbonyl (C=O) groups is 1. The fourth-order valence-electron chi connectivity index (χ4n) is 2.48. The van der Waals surface area contributed by atoms with Crippen LogP contribution in [0.15, 0.2) is 42.0 Å². The number of benzene rings is 2. The summed E-state index contributed by atoms with van der Waals surface area (Å²) in [6.07, 6.45) is -6.54. The lowest BCUT2D eigenvalue weighted by molar-refractivity contribution is -0.187. The number of hydrogen-bond acceptors (Lipinski definition) is 3. The molecular formula is C18H12ClF3O4. The largest absolute Gasteiger partial charge is 0.478 e. The van der Waals surface area contributed by atoms with E-state index in [1.54, 1.807) is 25.1 Å². The van der Waals surface area contributed by atoms with Gasteiger partial charge in [0.05, 0.1) is 10.6 Å². The molecule has 26 heavy (non-hydrogen) atoms. The van der Waals surface area contributed by atoms with Crippen LogP contribution in [0.3, 0.4) is 0 Å². The minimum absolute atomic E-state index is 0.104. The maximum absolute atomic E-state index is 13.1. The normalized spacial score (nSPS) is 16.3. The van der Waals surface area contributed by atoms with Gasteiger partial charge in [-0.15, -0.1) is 0 Å². The predicted octanol–water partition coefficient (Wildman–Crippen LogP) is 5.23. The van der Waals surface area contributed by atoms with Gasteiger partial charge in [0.2, 0.25) is 6.10 Å². The van der Waals surface area contributed by atoms with Crippen LogP contribution < -0.4 is 9.47 Å². The van der Waals surface area contributed by atoms with E-state index in [1.165, 1.54) is 12.1 Å². The molecule has 1 aliphatic rings. The molecule has 0 saturated carbocycles. The molecule has 1 aliphatic heterocycles. The van der Waals surface area contributed by atoms with Crippen LogP contribution in [0.1, 0.15) is 11.1 Å². The third-order valence-corrected chi connectivity index (χ3v) is 4.06. The molecule has 1 N–H and O–H groups in total. The monoisotopic (exact) mass is 384 g/mol. The lowest BCUT2D eigenvalue weighted by Gasteiger charge is -2.27. The highest BCUT2D eigenvalue weighted by Crippen LogP contribution is 2.42. The zero-order valence-corrected chi connectivity index (χ0v) is 14.1. The number of para-hydroxylation sites is 1. The first-order valence-corrected chi connectivity index (χ1v) is 7.80. The fraction of sp³-hybridized carbons (Fsp3) is 0.167. The molecule has 1 atom stereocenters. The van der Waals surface area contributed by atoms with Crippen molar-refractivity contribution < 1.29 is 32.5 Å². The van der Waals surface area contributed by atoms with Gasteiger partial charge >= 0.3 is 12.1 Å². The van der Waals surface area contributed by atoms with Gasteiger partial charge in [-0.2, -0.15) is 13.2 Å². The summed E-state index contributed by atoms with van der Waals surface area (Å²) < 4.78 is 50.0. The zero-order chi connectivity index (χ0) is 19.1. The lowest BCUT2D eigenvalue weighted by atomic mass is 10.0. The van der Waals surface area contributed by atoms with Gasteiger partial charge in [0, 0.05) is 11.6 Å². The molecule has 136 valence electrons. The van der Waals surface area contributed by atoms with Crippen LogP contribution in [0.5, 0.6) is 17.2 Å². The first kappa shape index (κ1) is 18.1. The molecular weight excluding hydrogens is 373 g/mol. The molecule has 0 saturated heterocycles. The topological polar surface area (TPSA) is 55.8 Å². The molecule has 1 unspecified atom stereocenters. The third kappa shape index (κ3) is 3.48. The summed E-state index contributed by atoms with van der Waals surface area (Å²) in [5.41, 5.74) is 0.0297. The number of aryl methyl sites for hydroxylation is 1. The Bertz CT molecular complexity index is 906. The molecule has 0 bridgehead atoms. The van der Waals surface area contributed by atoms with Crippen molar-refractivity contribution in [3.05, 3.63) is 58.1 Å². The number of carboxylic acid groups (broad SMARTS) is 1. The molecule has 2 aromatic carbocycles. The van der Waals surface area contributed by atoms with Crippen molar-refractivity contribution in [2.45, 2.75) is 19.2 Å². The van der Waals surface area contributed by atoms with Crippen LogP contribution in [0.25, 0.3) is 6.08 Å². The summed E-state index contributed by atoms with van der Waals surface area (Å²) in [5, 5.41) is 9.15. The highest BCUT2D eigenvalue weighted by molar-refractivity contribution is 6.32. The summed E-state index contributed by atoms with van der Waals surface area (Å²) in [6.45, 7) is 1.81. The molecule has 0 aromatic heterocycles. The van der Waals surface area contributed by atoms with Crippen molar-refractivity contribution in [3.8, 4) is 17.2 Å². The Hall–Kier alpha value is -2.67. The van der Waals surface area contributed by atoms with Crippen molar-refractivity contribution in [3.63, 3.8) is 0 Å². The summed E-state index contributed by atoms with van der Waals surface area (Å²) >= 11 is 6.14. The Kier molecular flexibility index (Phi) is 4.58. The van der Waals surface area contributed by atoms with Crippen LogP contribution in [-0.4, -0.2) is 23.4 Å². The molecule has 4 nitrogen and oxygen atoms in total. The number of carboxylic acids is 1. The highest BCUT2D eigenvalue weighted by atomic mass is 35.5. The highest BCUT2D eigenvalue weighted by Gasteiger charge is 2.48. The van der Waals surface area contributed by atoms with E-state index in [2.05, 4.69) is 0 Å². The fourth-order valence-corrected chi connectivity index (χ4v) is 2.69. The smallest absolute Gasteiger partial charge is 0.430 e. The SMILES string of the molecule is Cc1ccccc1Oc1cc2c(cc1Cl)C=C(C(=O)O)C(C(F)(F)F)O2. The summed E-state index contributed by atoms with van der Waals surface area (Å²) in [5.74, 6) is -1.29. The Morgan fingerprint density at radius 2 is 1.92 bits per heavy atom. The number of aliphatic carboxylic acids is 1. The summed E-state index contributed by atoms with van der Waals surface area (Å²) in [6, 6.07) is 9.57. The second kappa shape index (κ2) is 6.57. The predicted molar refractivity (Wildman–Crippen MR) is 88.8 cm³/mol. The van der Waals surface area contributed by atoms with Crippen LogP contribution in [0.4, 0.5) is 13.2 Å². The van der Waals surface area contributed by atoms with E-state index in [9.17, 15) is 18.0 Å². The van der Waals surface area contributed by atoms with Gasteiger partial charge in [-0.3, -0.25) is 0 Å². The molecule has 0 spiro atoms. The van der Waals surface area contributed by atoms with E-state index in [0.29, 0.717) is 5.75 Å². The van der Waals surface area contributed by atoms with Crippen molar-refractivity contribution in [2.75, 3.05) is 0 Å². The molecule has 1 heterocycles. The first-order valence-electron chi connectivity index (χ1n) is 7.42. The lowest BCUT2D eigenvalue weighted by Crippen LogP contribution is -2.40. The van der Waals surface area contributed by atoms with Crippen molar-refractivity contribution in [2.24, 2.45) is 0 Å². The summed E-state index contributed by atoms with van der Waals surface area (Å²) in [7, 11) is 0. The Balaban J connectivity index is 2.03. The van der Waals surface area contributed by atoms with Gasteiger partial charge in [0.1, 0.15) is 17.2 Å². The maximum Gasteiger partial charge on any atom is 0.430 e. The first-order chi connectivity index (χ1) is 12.2. The van der Waals surface area contributed by atoms with Crippen LogP contribution in [0, 0.1) is 6.92 Å². The minimum atomic E-state index is -4.88. The Morgan fingerprint density at radius 3 is 2.54 bits per heavy atom. The molecule has 0 aliphatic carbocycles. The number of rotatable bonds is 3. The van der Waals surface area contributed by atoms with Gasteiger partial charge in [0.25, 0.3) is 0 Å². The van der Waals surface area contributed by atoms with Crippen molar-refractivity contribution in [1.82, 2.24) is 0 Å². The number of fused-ring (bicyclic) bond motifs is 1. The quantitative estimate of drug-likeness (QED) is 0.787. The average molecular weight is 385 g/mol. The van der Waals surface area contributed by atoms with Crippen LogP contribution in [0.2, 0.25) is 5.02 Å². The molecule has 2 aromatic rings. The second-order valence-electron chi connectivity index (χ2n) is 5.63. The van der Waals surface area contributed by atoms with E-state index in [-0.39, 0.29) is 22.1 Å². The van der Waals surface area contributed by atoms with E-state index >= 15 is 0 Å². The van der Waals surface area contributed by atoms with Crippen LogP contribution in [-0.2, 0) is 4.79 Å². The number of hydrogen-bond donors (Lipinski definition) is 1. The van der Waals surface area contributed by atoms with Gasteiger partial charge in [-0.25, -0.2) is 4.79 Å².